The molecule has 0 fully saturated rings. The quantitative estimate of drug-likeness (QED) is 0.413. The Morgan fingerprint density at radius 3 is 2.16 bits per heavy atom. The number of fused-ring (bicyclic) bond motifs is 2. The van der Waals surface area contributed by atoms with Gasteiger partial charge in [-0.3, -0.25) is 19.7 Å². The maximum absolute atomic E-state index is 11.6. The number of amides is 2. The largest absolute Gasteiger partial charge is 0.491 e. The summed E-state index contributed by atoms with van der Waals surface area (Å²) in [6.07, 6.45) is 1.90. The highest BCUT2D eigenvalue weighted by Gasteiger charge is 2.22. The summed E-state index contributed by atoms with van der Waals surface area (Å²) in [5, 5.41) is 17.9. The standard InChI is InChI=1S/C21H25N5O6/c22-20(27)13-4-5-15-17(11-13)31-8-3-9-32-18-12-14(21(23)28)10-16(26(29)30)19(18)25-7-2-1-6-24-15/h4-5,10-12,24-25H,1-3,6-9H2,(H2,22,27)(H2,23,28). The van der Waals surface area contributed by atoms with Crippen molar-refractivity contribution in [3.8, 4) is 11.5 Å². The Kier molecular flexibility index (Phi) is 7.32. The van der Waals surface area contributed by atoms with Crippen LogP contribution in [0.5, 0.6) is 11.5 Å². The van der Waals surface area contributed by atoms with E-state index in [-0.39, 0.29) is 35.9 Å². The van der Waals surface area contributed by atoms with Crippen LogP contribution in [0.4, 0.5) is 17.1 Å². The molecule has 11 heteroatoms. The number of hydrogen-bond donors (Lipinski definition) is 4. The van der Waals surface area contributed by atoms with Gasteiger partial charge in [0, 0.05) is 36.7 Å². The average Bonchev–Trinajstić information content (AvgIpc) is 2.76. The van der Waals surface area contributed by atoms with Crippen LogP contribution in [0.1, 0.15) is 40.0 Å². The van der Waals surface area contributed by atoms with Gasteiger partial charge in [0.1, 0.15) is 11.5 Å². The fourth-order valence-electron chi connectivity index (χ4n) is 3.23. The fraction of sp³-hybridized carbons (Fsp3) is 0.333. The fourth-order valence-corrected chi connectivity index (χ4v) is 3.23. The molecule has 170 valence electrons. The maximum Gasteiger partial charge on any atom is 0.296 e. The Hall–Kier alpha value is -4.02. The lowest BCUT2D eigenvalue weighted by Crippen LogP contribution is -2.14. The first kappa shape index (κ1) is 22.7. The number of nitrogens with two attached hydrogens (primary N) is 2. The number of nitrogens with zero attached hydrogens (tertiary/aromatic N) is 1. The second kappa shape index (κ2) is 10.3. The summed E-state index contributed by atoms with van der Waals surface area (Å²) in [7, 11) is 0. The molecular formula is C21H25N5O6. The summed E-state index contributed by atoms with van der Waals surface area (Å²) in [5.41, 5.74) is 11.7. The van der Waals surface area contributed by atoms with Crippen molar-refractivity contribution in [1.82, 2.24) is 0 Å². The summed E-state index contributed by atoms with van der Waals surface area (Å²) < 4.78 is 11.6. The number of ether oxygens (including phenoxy) is 2. The Bertz CT molecular complexity index is 1030. The van der Waals surface area contributed by atoms with E-state index in [1.54, 1.807) is 18.2 Å². The highest BCUT2D eigenvalue weighted by molar-refractivity contribution is 5.96. The molecule has 0 spiro atoms. The molecule has 3 rings (SSSR count). The molecule has 6 N–H and O–H groups in total. The molecule has 0 bridgehead atoms. The zero-order valence-electron chi connectivity index (χ0n) is 17.4. The van der Waals surface area contributed by atoms with E-state index in [9.17, 15) is 19.7 Å². The second-order valence-electron chi connectivity index (χ2n) is 7.18. The van der Waals surface area contributed by atoms with Gasteiger partial charge in [-0.05, 0) is 37.1 Å². The number of anilines is 2. The van der Waals surface area contributed by atoms with Crippen LogP contribution in [0.3, 0.4) is 0 Å². The van der Waals surface area contributed by atoms with Gasteiger partial charge in [0.05, 0.1) is 23.8 Å². The predicted molar refractivity (Wildman–Crippen MR) is 118 cm³/mol. The van der Waals surface area contributed by atoms with Crippen molar-refractivity contribution in [1.29, 1.82) is 0 Å². The molecule has 1 aliphatic rings. The van der Waals surface area contributed by atoms with E-state index in [2.05, 4.69) is 10.6 Å². The number of benzene rings is 2. The minimum Gasteiger partial charge on any atom is -0.491 e. The lowest BCUT2D eigenvalue weighted by Gasteiger charge is -2.15. The van der Waals surface area contributed by atoms with Crippen molar-refractivity contribution in [2.75, 3.05) is 36.9 Å². The van der Waals surface area contributed by atoms with E-state index in [1.165, 1.54) is 6.07 Å². The van der Waals surface area contributed by atoms with Gasteiger partial charge in [-0.2, -0.15) is 0 Å². The van der Waals surface area contributed by atoms with Gasteiger partial charge in [0.15, 0.2) is 5.69 Å². The lowest BCUT2D eigenvalue weighted by molar-refractivity contribution is -0.384. The molecule has 2 aromatic carbocycles. The van der Waals surface area contributed by atoms with Crippen LogP contribution in [0.2, 0.25) is 0 Å². The van der Waals surface area contributed by atoms with Crippen molar-refractivity contribution in [2.45, 2.75) is 19.3 Å². The summed E-state index contributed by atoms with van der Waals surface area (Å²) in [6, 6.07) is 7.49. The molecule has 0 saturated heterocycles. The zero-order chi connectivity index (χ0) is 23.1. The van der Waals surface area contributed by atoms with Crippen LogP contribution in [-0.2, 0) is 0 Å². The number of nitro groups is 1. The number of primary amides is 2. The van der Waals surface area contributed by atoms with Crippen LogP contribution >= 0.6 is 0 Å². The van der Waals surface area contributed by atoms with Crippen LogP contribution in [0.15, 0.2) is 30.3 Å². The van der Waals surface area contributed by atoms with Gasteiger partial charge in [-0.15, -0.1) is 0 Å². The van der Waals surface area contributed by atoms with Crippen molar-refractivity contribution in [3.63, 3.8) is 0 Å². The molecule has 0 unspecified atom stereocenters. The van der Waals surface area contributed by atoms with Gasteiger partial charge in [0.25, 0.3) is 5.69 Å². The average molecular weight is 443 g/mol. The summed E-state index contributed by atoms with van der Waals surface area (Å²) in [6.45, 7) is 1.52. The van der Waals surface area contributed by atoms with Gasteiger partial charge in [0.2, 0.25) is 11.8 Å². The van der Waals surface area contributed by atoms with E-state index < -0.39 is 16.7 Å². The SMILES string of the molecule is NC(=O)c1ccc2c(c1)OCCCOc1cc(C(N)=O)cc([N+](=O)[O-])c1NCCCCN2. The molecule has 32 heavy (non-hydrogen) atoms. The highest BCUT2D eigenvalue weighted by Crippen LogP contribution is 2.36. The third kappa shape index (κ3) is 5.56. The van der Waals surface area contributed by atoms with Gasteiger partial charge in [-0.25, -0.2) is 0 Å². The van der Waals surface area contributed by atoms with Crippen molar-refractivity contribution in [2.24, 2.45) is 11.5 Å². The first-order valence-electron chi connectivity index (χ1n) is 10.2. The molecule has 0 saturated carbocycles. The monoisotopic (exact) mass is 443 g/mol. The number of nitrogens with one attached hydrogen (secondary N) is 2. The Labute approximate surface area is 184 Å². The molecule has 2 amide bonds. The predicted octanol–water partition coefficient (Wildman–Crippen LogP) is 2.26. The third-order valence-corrected chi connectivity index (χ3v) is 4.85. The minimum atomic E-state index is -0.785. The molecule has 2 aromatic rings. The first-order chi connectivity index (χ1) is 15.4. The topological polar surface area (TPSA) is 172 Å². The van der Waals surface area contributed by atoms with Crippen molar-refractivity contribution >= 4 is 28.9 Å². The normalized spacial score (nSPS) is 14.5. The zero-order valence-corrected chi connectivity index (χ0v) is 17.4. The van der Waals surface area contributed by atoms with Crippen LogP contribution in [0, 0.1) is 10.1 Å². The molecule has 0 radical (unpaired) electrons. The first-order valence-corrected chi connectivity index (χ1v) is 10.2. The van der Waals surface area contributed by atoms with Gasteiger partial charge < -0.3 is 31.6 Å². The highest BCUT2D eigenvalue weighted by atomic mass is 16.6. The number of carbonyl (C=O) groups excluding carboxylic acids is 2. The molecular weight excluding hydrogens is 418 g/mol. The molecule has 0 atom stereocenters. The number of hydrogen-bond acceptors (Lipinski definition) is 8. The second-order valence-corrected chi connectivity index (χ2v) is 7.18. The number of carbonyl (C=O) groups is 2. The van der Waals surface area contributed by atoms with Crippen LogP contribution in [0.25, 0.3) is 0 Å². The summed E-state index contributed by atoms with van der Waals surface area (Å²) in [4.78, 5) is 34.1. The third-order valence-electron chi connectivity index (χ3n) is 4.85. The summed E-state index contributed by atoms with van der Waals surface area (Å²) in [5.74, 6) is -0.657. The van der Waals surface area contributed by atoms with Gasteiger partial charge >= 0.3 is 0 Å². The van der Waals surface area contributed by atoms with E-state index in [4.69, 9.17) is 20.9 Å². The van der Waals surface area contributed by atoms with E-state index in [0.717, 1.165) is 18.2 Å². The Morgan fingerprint density at radius 1 is 0.875 bits per heavy atom. The molecule has 1 aliphatic heterocycles. The molecule has 1 heterocycles. The van der Waals surface area contributed by atoms with Crippen molar-refractivity contribution in [3.05, 3.63) is 51.6 Å². The van der Waals surface area contributed by atoms with Crippen LogP contribution in [-0.4, -0.2) is 43.0 Å². The Balaban J connectivity index is 1.83. The number of rotatable bonds is 3. The molecule has 11 nitrogen and oxygen atoms in total. The van der Waals surface area contributed by atoms with Gasteiger partial charge in [-0.1, -0.05) is 0 Å². The Morgan fingerprint density at radius 2 is 1.50 bits per heavy atom. The molecule has 0 aliphatic carbocycles. The smallest absolute Gasteiger partial charge is 0.296 e. The lowest BCUT2D eigenvalue weighted by atomic mass is 10.1. The van der Waals surface area contributed by atoms with E-state index >= 15 is 0 Å². The van der Waals surface area contributed by atoms with Crippen molar-refractivity contribution < 1.29 is 24.0 Å². The minimum absolute atomic E-state index is 0.0106. The van der Waals surface area contributed by atoms with E-state index in [1.807, 2.05) is 0 Å². The maximum atomic E-state index is 11.6. The van der Waals surface area contributed by atoms with Crippen LogP contribution < -0.4 is 31.6 Å². The van der Waals surface area contributed by atoms with E-state index in [0.29, 0.717) is 37.2 Å². The number of nitro benzene ring substituents is 1. The summed E-state index contributed by atoms with van der Waals surface area (Å²) >= 11 is 0. The molecule has 0 aromatic heterocycles.